The number of anilines is 1. The number of amides is 2. The van der Waals surface area contributed by atoms with Crippen LogP contribution in [-0.2, 0) is 9.59 Å². The van der Waals surface area contributed by atoms with E-state index in [1.165, 1.54) is 37.5 Å². The summed E-state index contributed by atoms with van der Waals surface area (Å²) in [6.45, 7) is 2.22. The predicted molar refractivity (Wildman–Crippen MR) is 121 cm³/mol. The molecule has 0 aliphatic carbocycles. The highest BCUT2D eigenvalue weighted by Crippen LogP contribution is 2.35. The number of aromatic carboxylic acids is 1. The highest BCUT2D eigenvalue weighted by molar-refractivity contribution is 9.10. The van der Waals surface area contributed by atoms with E-state index in [4.69, 9.17) is 21.7 Å². The summed E-state index contributed by atoms with van der Waals surface area (Å²) in [6.07, 6.45) is 1.40. The predicted octanol–water partition coefficient (Wildman–Crippen LogP) is 3.39. The number of rotatable bonds is 6. The van der Waals surface area contributed by atoms with Crippen molar-refractivity contribution in [3.8, 4) is 11.5 Å². The van der Waals surface area contributed by atoms with E-state index in [1.54, 1.807) is 12.1 Å². The normalized spacial score (nSPS) is 15.1. The third kappa shape index (κ3) is 4.59. The molecule has 0 bridgehead atoms. The van der Waals surface area contributed by atoms with Gasteiger partial charge in [0, 0.05) is 4.47 Å². The minimum absolute atomic E-state index is 0.0187. The maximum Gasteiger partial charge on any atom is 0.335 e. The number of nitrogens with one attached hydrogen (secondary N) is 1. The summed E-state index contributed by atoms with van der Waals surface area (Å²) < 4.78 is 11.4. The third-order valence-corrected chi connectivity index (χ3v) is 5.31. The first kappa shape index (κ1) is 22.4. The summed E-state index contributed by atoms with van der Waals surface area (Å²) in [4.78, 5) is 38.1. The van der Waals surface area contributed by atoms with Crippen LogP contribution in [0.2, 0.25) is 0 Å². The lowest BCUT2D eigenvalue weighted by Gasteiger charge is -2.29. The second-order valence-corrected chi connectivity index (χ2v) is 7.51. The number of hydrogen-bond acceptors (Lipinski definition) is 6. The molecule has 31 heavy (non-hydrogen) atoms. The molecule has 10 heteroatoms. The number of ether oxygens (including phenoxy) is 2. The number of nitrogens with zero attached hydrogens (tertiary/aromatic N) is 1. The van der Waals surface area contributed by atoms with Gasteiger partial charge in [-0.25, -0.2) is 4.79 Å². The summed E-state index contributed by atoms with van der Waals surface area (Å²) in [6, 6.07) is 9.02. The van der Waals surface area contributed by atoms with Gasteiger partial charge in [0.1, 0.15) is 5.57 Å². The molecule has 160 valence electrons. The van der Waals surface area contributed by atoms with Crippen molar-refractivity contribution in [2.45, 2.75) is 6.92 Å². The number of carboxylic acids is 1. The molecule has 2 N–H and O–H groups in total. The van der Waals surface area contributed by atoms with E-state index in [1.807, 2.05) is 6.92 Å². The standard InChI is InChI=1S/C21H17BrN2O6S/c1-3-30-17-9-12(15(22)10-16(17)29-2)8-14-18(25)23-21(31)24(19(14)26)13-6-4-5-11(7-13)20(27)28/h4-10H,3H2,1-2H3,(H,27,28)(H,23,25,31). The average Bonchev–Trinajstić information content (AvgIpc) is 2.73. The van der Waals surface area contributed by atoms with Gasteiger partial charge in [-0.15, -0.1) is 0 Å². The molecule has 1 heterocycles. The molecule has 1 aliphatic rings. The van der Waals surface area contributed by atoms with E-state index in [0.29, 0.717) is 28.1 Å². The van der Waals surface area contributed by atoms with Gasteiger partial charge < -0.3 is 14.6 Å². The number of benzene rings is 2. The van der Waals surface area contributed by atoms with Gasteiger partial charge in [-0.05, 0) is 61.1 Å². The monoisotopic (exact) mass is 504 g/mol. The molecule has 2 amide bonds. The molecule has 0 atom stereocenters. The molecule has 0 unspecified atom stereocenters. The number of halogens is 1. The summed E-state index contributed by atoms with van der Waals surface area (Å²) in [5.41, 5.74) is 0.539. The quantitative estimate of drug-likeness (QED) is 0.352. The van der Waals surface area contributed by atoms with Crippen molar-refractivity contribution >= 4 is 62.8 Å². The SMILES string of the molecule is CCOc1cc(C=C2C(=O)NC(=S)N(c3cccc(C(=O)O)c3)C2=O)c(Br)cc1OC. The van der Waals surface area contributed by atoms with E-state index < -0.39 is 17.8 Å². The zero-order chi connectivity index (χ0) is 22.7. The van der Waals surface area contributed by atoms with Crippen LogP contribution in [0.15, 0.2) is 46.4 Å². The summed E-state index contributed by atoms with van der Waals surface area (Å²) >= 11 is 8.57. The average molecular weight is 505 g/mol. The van der Waals surface area contributed by atoms with Crippen LogP contribution in [0, 0.1) is 0 Å². The van der Waals surface area contributed by atoms with Gasteiger partial charge in [0.25, 0.3) is 11.8 Å². The maximum absolute atomic E-state index is 13.2. The van der Waals surface area contributed by atoms with Crippen molar-refractivity contribution < 1.29 is 29.0 Å². The van der Waals surface area contributed by atoms with Crippen molar-refractivity contribution in [3.63, 3.8) is 0 Å². The van der Waals surface area contributed by atoms with Gasteiger partial charge in [-0.2, -0.15) is 0 Å². The van der Waals surface area contributed by atoms with Gasteiger partial charge in [-0.1, -0.05) is 22.0 Å². The number of hydrogen-bond donors (Lipinski definition) is 2. The highest BCUT2D eigenvalue weighted by atomic mass is 79.9. The molecule has 0 saturated carbocycles. The van der Waals surface area contributed by atoms with Crippen molar-refractivity contribution in [2.24, 2.45) is 0 Å². The van der Waals surface area contributed by atoms with Crippen molar-refractivity contribution in [2.75, 3.05) is 18.6 Å². The Morgan fingerprint density at radius 1 is 1.26 bits per heavy atom. The van der Waals surface area contributed by atoms with Gasteiger partial charge in [0.15, 0.2) is 16.6 Å². The fraction of sp³-hybridized carbons (Fsp3) is 0.143. The van der Waals surface area contributed by atoms with Crippen LogP contribution in [0.25, 0.3) is 6.08 Å². The molecule has 8 nitrogen and oxygen atoms in total. The van der Waals surface area contributed by atoms with E-state index in [-0.39, 0.29) is 21.9 Å². The van der Waals surface area contributed by atoms with Crippen LogP contribution in [-0.4, -0.2) is 41.7 Å². The fourth-order valence-corrected chi connectivity index (χ4v) is 3.63. The Balaban J connectivity index is 2.06. The molecule has 3 rings (SSSR count). The smallest absolute Gasteiger partial charge is 0.335 e. The first-order valence-corrected chi connectivity index (χ1v) is 10.2. The molecule has 2 aromatic rings. The summed E-state index contributed by atoms with van der Waals surface area (Å²) in [5, 5.41) is 11.6. The third-order valence-electron chi connectivity index (χ3n) is 4.34. The Hall–Kier alpha value is -3.24. The molecular formula is C21H17BrN2O6S. The first-order chi connectivity index (χ1) is 14.8. The minimum atomic E-state index is -1.15. The number of methoxy groups -OCH3 is 1. The zero-order valence-electron chi connectivity index (χ0n) is 16.5. The second-order valence-electron chi connectivity index (χ2n) is 6.27. The second kappa shape index (κ2) is 9.27. The Kier molecular flexibility index (Phi) is 6.71. The number of carbonyl (C=O) groups is 3. The topological polar surface area (TPSA) is 105 Å². The largest absolute Gasteiger partial charge is 0.493 e. The van der Waals surface area contributed by atoms with Crippen LogP contribution >= 0.6 is 28.1 Å². The van der Waals surface area contributed by atoms with Crippen LogP contribution in [0.1, 0.15) is 22.8 Å². The first-order valence-electron chi connectivity index (χ1n) is 9.02. The lowest BCUT2D eigenvalue weighted by molar-refractivity contribution is -0.122. The molecular weight excluding hydrogens is 488 g/mol. The molecule has 0 radical (unpaired) electrons. The fourth-order valence-electron chi connectivity index (χ4n) is 2.91. The van der Waals surface area contributed by atoms with Crippen LogP contribution in [0.3, 0.4) is 0 Å². The van der Waals surface area contributed by atoms with Crippen LogP contribution < -0.4 is 19.7 Å². The zero-order valence-corrected chi connectivity index (χ0v) is 18.9. The van der Waals surface area contributed by atoms with Crippen molar-refractivity contribution in [1.29, 1.82) is 0 Å². The molecule has 2 aromatic carbocycles. The van der Waals surface area contributed by atoms with E-state index in [0.717, 1.165) is 4.90 Å². The summed E-state index contributed by atoms with van der Waals surface area (Å²) in [7, 11) is 1.50. The highest BCUT2D eigenvalue weighted by Gasteiger charge is 2.35. The van der Waals surface area contributed by atoms with Crippen LogP contribution in [0.4, 0.5) is 5.69 Å². The Morgan fingerprint density at radius 3 is 2.65 bits per heavy atom. The molecule has 0 spiro atoms. The minimum Gasteiger partial charge on any atom is -0.493 e. The van der Waals surface area contributed by atoms with Crippen LogP contribution in [0.5, 0.6) is 11.5 Å². The van der Waals surface area contributed by atoms with Gasteiger partial charge in [0.05, 0.1) is 25.0 Å². The van der Waals surface area contributed by atoms with Gasteiger partial charge in [-0.3, -0.25) is 19.8 Å². The number of carboxylic acid groups (broad SMARTS) is 1. The van der Waals surface area contributed by atoms with E-state index >= 15 is 0 Å². The van der Waals surface area contributed by atoms with E-state index in [9.17, 15) is 19.5 Å². The Bertz CT molecular complexity index is 1130. The van der Waals surface area contributed by atoms with Crippen molar-refractivity contribution in [1.82, 2.24) is 5.32 Å². The molecule has 1 fully saturated rings. The van der Waals surface area contributed by atoms with Gasteiger partial charge in [0.2, 0.25) is 0 Å². The number of carbonyl (C=O) groups excluding carboxylic acids is 2. The van der Waals surface area contributed by atoms with Crippen molar-refractivity contribution in [3.05, 3.63) is 57.6 Å². The summed E-state index contributed by atoms with van der Waals surface area (Å²) in [5.74, 6) is -1.56. The molecule has 1 aliphatic heterocycles. The maximum atomic E-state index is 13.2. The molecule has 1 saturated heterocycles. The Morgan fingerprint density at radius 2 is 2.00 bits per heavy atom. The molecule has 0 aromatic heterocycles. The Labute approximate surface area is 191 Å². The lowest BCUT2D eigenvalue weighted by atomic mass is 10.1. The van der Waals surface area contributed by atoms with Gasteiger partial charge >= 0.3 is 5.97 Å². The van der Waals surface area contributed by atoms with E-state index in [2.05, 4.69) is 21.2 Å². The number of thiocarbonyl (C=S) groups is 1. The lowest BCUT2D eigenvalue weighted by Crippen LogP contribution is -2.54.